The Balaban J connectivity index is 2.49. The van der Waals surface area contributed by atoms with Crippen molar-refractivity contribution < 1.29 is 23.1 Å². The van der Waals surface area contributed by atoms with Crippen molar-refractivity contribution in [2.75, 3.05) is 24.6 Å². The Kier molecular flexibility index (Phi) is 4.55. The molecule has 1 aliphatic heterocycles. The summed E-state index contributed by atoms with van der Waals surface area (Å²) in [6.07, 6.45) is 0. The fraction of sp³-hybridized carbons (Fsp3) is 0.800. The van der Waals surface area contributed by atoms with Crippen LogP contribution in [0.2, 0.25) is 0 Å². The lowest BCUT2D eigenvalue weighted by molar-refractivity contribution is -0.141. The highest BCUT2D eigenvalue weighted by Crippen LogP contribution is 2.07. The van der Waals surface area contributed by atoms with E-state index in [1.807, 2.05) is 0 Å². The van der Waals surface area contributed by atoms with E-state index < -0.39 is 33.8 Å². The first-order valence-corrected chi connectivity index (χ1v) is 7.54. The summed E-state index contributed by atoms with van der Waals surface area (Å²) < 4.78 is 22.4. The van der Waals surface area contributed by atoms with E-state index in [0.717, 1.165) is 0 Å². The largest absolute Gasteiger partial charge is 0.481 e. The standard InChI is InChI=1S/C10H18N2O5S/c1-7(9(13)14)8(2)11-10(15)12-3-5-18(16,17)6-4-12/h7-8H,3-6H2,1-2H3,(H,11,15)(H,13,14). The number of carbonyl (C=O) groups excluding carboxylic acids is 1. The molecule has 8 heteroatoms. The van der Waals surface area contributed by atoms with Crippen LogP contribution in [-0.4, -0.2) is 61.1 Å². The second-order valence-electron chi connectivity index (χ2n) is 4.50. The normalized spacial score (nSPS) is 22.0. The minimum Gasteiger partial charge on any atom is -0.481 e. The molecule has 0 radical (unpaired) electrons. The number of hydrogen-bond acceptors (Lipinski definition) is 4. The van der Waals surface area contributed by atoms with E-state index in [1.165, 1.54) is 11.8 Å². The first-order chi connectivity index (χ1) is 8.23. The molecule has 104 valence electrons. The fourth-order valence-corrected chi connectivity index (χ4v) is 2.74. The van der Waals surface area contributed by atoms with Gasteiger partial charge in [-0.05, 0) is 13.8 Å². The van der Waals surface area contributed by atoms with Gasteiger partial charge < -0.3 is 15.3 Å². The van der Waals surface area contributed by atoms with Crippen molar-refractivity contribution in [3.8, 4) is 0 Å². The van der Waals surface area contributed by atoms with Gasteiger partial charge in [0.2, 0.25) is 0 Å². The van der Waals surface area contributed by atoms with E-state index in [2.05, 4.69) is 5.32 Å². The third-order valence-corrected chi connectivity index (χ3v) is 4.73. The zero-order valence-electron chi connectivity index (χ0n) is 10.4. The molecule has 1 fully saturated rings. The van der Waals surface area contributed by atoms with Gasteiger partial charge in [0.15, 0.2) is 9.84 Å². The van der Waals surface area contributed by atoms with Crippen LogP contribution >= 0.6 is 0 Å². The highest BCUT2D eigenvalue weighted by molar-refractivity contribution is 7.91. The topological polar surface area (TPSA) is 104 Å². The molecule has 2 amide bonds. The molecule has 0 spiro atoms. The molecule has 0 aromatic carbocycles. The van der Waals surface area contributed by atoms with Crippen LogP contribution in [0.5, 0.6) is 0 Å². The van der Waals surface area contributed by atoms with Crippen molar-refractivity contribution in [1.82, 2.24) is 10.2 Å². The van der Waals surface area contributed by atoms with Gasteiger partial charge in [0, 0.05) is 19.1 Å². The van der Waals surface area contributed by atoms with Crippen LogP contribution in [0, 0.1) is 5.92 Å². The third-order valence-electron chi connectivity index (χ3n) is 3.12. The molecule has 0 aromatic rings. The summed E-state index contributed by atoms with van der Waals surface area (Å²) in [6.45, 7) is 3.43. The number of carboxylic acid groups (broad SMARTS) is 1. The van der Waals surface area contributed by atoms with Gasteiger partial charge in [0.1, 0.15) is 0 Å². The number of hydrogen-bond donors (Lipinski definition) is 2. The SMILES string of the molecule is CC(NC(=O)N1CCS(=O)(=O)CC1)C(C)C(=O)O. The number of carbonyl (C=O) groups is 2. The predicted molar refractivity (Wildman–Crippen MR) is 65.0 cm³/mol. The number of amides is 2. The van der Waals surface area contributed by atoms with Crippen LogP contribution in [0.1, 0.15) is 13.8 Å². The molecule has 1 aliphatic rings. The maximum absolute atomic E-state index is 11.8. The molecule has 7 nitrogen and oxygen atoms in total. The first kappa shape index (κ1) is 14.7. The smallest absolute Gasteiger partial charge is 0.317 e. The van der Waals surface area contributed by atoms with Crippen LogP contribution < -0.4 is 5.32 Å². The Morgan fingerprint density at radius 1 is 1.22 bits per heavy atom. The number of aliphatic carboxylic acids is 1. The molecular weight excluding hydrogens is 260 g/mol. The van der Waals surface area contributed by atoms with Gasteiger partial charge in [-0.15, -0.1) is 0 Å². The van der Waals surface area contributed by atoms with Gasteiger partial charge in [0.25, 0.3) is 0 Å². The number of nitrogens with zero attached hydrogens (tertiary/aromatic N) is 1. The molecular formula is C10H18N2O5S. The Bertz CT molecular complexity index is 420. The predicted octanol–water partition coefficient (Wildman–Crippen LogP) is -0.464. The Morgan fingerprint density at radius 2 is 1.72 bits per heavy atom. The van der Waals surface area contributed by atoms with Gasteiger partial charge in [-0.1, -0.05) is 0 Å². The van der Waals surface area contributed by atoms with Gasteiger partial charge in [-0.2, -0.15) is 0 Å². The molecule has 0 bridgehead atoms. The molecule has 2 atom stereocenters. The van der Waals surface area contributed by atoms with Crippen molar-refractivity contribution in [2.24, 2.45) is 5.92 Å². The fourth-order valence-electron chi connectivity index (χ4n) is 1.54. The van der Waals surface area contributed by atoms with E-state index in [-0.39, 0.29) is 24.6 Å². The maximum atomic E-state index is 11.8. The summed E-state index contributed by atoms with van der Waals surface area (Å²) in [5, 5.41) is 11.4. The third kappa shape index (κ3) is 3.86. The zero-order valence-corrected chi connectivity index (χ0v) is 11.2. The lowest BCUT2D eigenvalue weighted by atomic mass is 10.0. The molecule has 0 aromatic heterocycles. The minimum atomic E-state index is -3.02. The molecule has 18 heavy (non-hydrogen) atoms. The molecule has 1 heterocycles. The molecule has 2 unspecified atom stereocenters. The Hall–Kier alpha value is -1.31. The summed E-state index contributed by atoms with van der Waals surface area (Å²) >= 11 is 0. The second-order valence-corrected chi connectivity index (χ2v) is 6.81. The van der Waals surface area contributed by atoms with Crippen molar-refractivity contribution in [3.63, 3.8) is 0 Å². The van der Waals surface area contributed by atoms with E-state index in [1.54, 1.807) is 6.92 Å². The number of rotatable bonds is 3. The van der Waals surface area contributed by atoms with E-state index >= 15 is 0 Å². The van der Waals surface area contributed by atoms with Crippen molar-refractivity contribution >= 4 is 21.8 Å². The average molecular weight is 278 g/mol. The highest BCUT2D eigenvalue weighted by Gasteiger charge is 2.27. The maximum Gasteiger partial charge on any atom is 0.317 e. The van der Waals surface area contributed by atoms with Gasteiger partial charge in [-0.3, -0.25) is 4.79 Å². The Labute approximate surface area is 106 Å². The summed E-state index contributed by atoms with van der Waals surface area (Å²) in [4.78, 5) is 23.9. The lowest BCUT2D eigenvalue weighted by Crippen LogP contribution is -2.51. The van der Waals surface area contributed by atoms with E-state index in [9.17, 15) is 18.0 Å². The molecule has 1 rings (SSSR count). The Morgan fingerprint density at radius 3 is 2.17 bits per heavy atom. The molecule has 2 N–H and O–H groups in total. The minimum absolute atomic E-state index is 0.0384. The van der Waals surface area contributed by atoms with Crippen molar-refractivity contribution in [2.45, 2.75) is 19.9 Å². The highest BCUT2D eigenvalue weighted by atomic mass is 32.2. The van der Waals surface area contributed by atoms with Crippen LogP contribution in [0.25, 0.3) is 0 Å². The zero-order chi connectivity index (χ0) is 13.9. The number of urea groups is 1. The first-order valence-electron chi connectivity index (χ1n) is 5.71. The number of carboxylic acids is 1. The monoisotopic (exact) mass is 278 g/mol. The van der Waals surface area contributed by atoms with Crippen LogP contribution in [-0.2, 0) is 14.6 Å². The average Bonchev–Trinajstić information content (AvgIpc) is 2.27. The van der Waals surface area contributed by atoms with Crippen LogP contribution in [0.4, 0.5) is 4.79 Å². The molecule has 1 saturated heterocycles. The molecule has 0 aliphatic carbocycles. The van der Waals surface area contributed by atoms with Crippen LogP contribution in [0.15, 0.2) is 0 Å². The van der Waals surface area contributed by atoms with E-state index in [4.69, 9.17) is 5.11 Å². The summed E-state index contributed by atoms with van der Waals surface area (Å²) in [7, 11) is -3.02. The molecule has 0 saturated carbocycles. The van der Waals surface area contributed by atoms with Gasteiger partial charge in [-0.25, -0.2) is 13.2 Å². The summed E-state index contributed by atoms with van der Waals surface area (Å²) in [6, 6.07) is -0.918. The van der Waals surface area contributed by atoms with Crippen LogP contribution in [0.3, 0.4) is 0 Å². The summed E-state index contributed by atoms with van der Waals surface area (Å²) in [5.74, 6) is -1.75. The van der Waals surface area contributed by atoms with Crippen molar-refractivity contribution in [3.05, 3.63) is 0 Å². The second kappa shape index (κ2) is 5.55. The summed E-state index contributed by atoms with van der Waals surface area (Å²) in [5.41, 5.74) is 0. The quantitative estimate of drug-likeness (QED) is 0.726. The number of sulfone groups is 1. The lowest BCUT2D eigenvalue weighted by Gasteiger charge is -2.29. The van der Waals surface area contributed by atoms with E-state index in [0.29, 0.717) is 0 Å². The van der Waals surface area contributed by atoms with Crippen molar-refractivity contribution in [1.29, 1.82) is 0 Å². The number of nitrogens with one attached hydrogen (secondary N) is 1. The van der Waals surface area contributed by atoms with Gasteiger partial charge >= 0.3 is 12.0 Å². The van der Waals surface area contributed by atoms with Gasteiger partial charge in [0.05, 0.1) is 17.4 Å².